The molecule has 23 heavy (non-hydrogen) atoms. The van der Waals surface area contributed by atoms with Gasteiger partial charge in [0.25, 0.3) is 11.8 Å². The Kier molecular flexibility index (Phi) is 4.73. The fourth-order valence-corrected chi connectivity index (χ4v) is 2.62. The van der Waals surface area contributed by atoms with Crippen molar-refractivity contribution in [1.82, 2.24) is 15.5 Å². The molecule has 0 unspecified atom stereocenters. The molecule has 0 fully saturated rings. The summed E-state index contributed by atoms with van der Waals surface area (Å²) in [6.07, 6.45) is 0. The maximum absolute atomic E-state index is 12.1. The molecule has 0 bridgehead atoms. The summed E-state index contributed by atoms with van der Waals surface area (Å²) in [5, 5.41) is 7.19. The molecule has 3 rings (SSSR count). The summed E-state index contributed by atoms with van der Waals surface area (Å²) >= 11 is 9.28. The second-order valence-electron chi connectivity index (χ2n) is 4.69. The summed E-state index contributed by atoms with van der Waals surface area (Å²) in [5.74, 6) is 0.532. The van der Waals surface area contributed by atoms with Crippen molar-refractivity contribution in [2.45, 2.75) is 6.54 Å². The molecule has 3 aromatic rings. The van der Waals surface area contributed by atoms with Crippen LogP contribution in [0.5, 0.6) is 0 Å². The quantitative estimate of drug-likeness (QED) is 0.726. The van der Waals surface area contributed by atoms with E-state index in [1.807, 2.05) is 12.1 Å². The Bertz CT molecular complexity index is 851. The standard InChI is InChI=1S/C16H11BrClN3O2/c17-13-7-2-1-6-12(13)15(22)19-9-14-20-16(23-21-14)10-4-3-5-11(18)8-10/h1-8H,9H2,(H,19,22). The number of nitrogens with zero attached hydrogens (tertiary/aromatic N) is 2. The molecule has 1 amide bonds. The van der Waals surface area contributed by atoms with Crippen molar-refractivity contribution in [2.24, 2.45) is 0 Å². The third-order valence-electron chi connectivity index (χ3n) is 3.07. The zero-order chi connectivity index (χ0) is 16.2. The number of nitrogens with one attached hydrogen (secondary N) is 1. The van der Waals surface area contributed by atoms with Crippen molar-refractivity contribution in [1.29, 1.82) is 0 Å². The number of hydrogen-bond acceptors (Lipinski definition) is 4. The number of aromatic nitrogens is 2. The van der Waals surface area contributed by atoms with E-state index in [9.17, 15) is 4.79 Å². The van der Waals surface area contributed by atoms with Gasteiger partial charge in [-0.2, -0.15) is 4.98 Å². The summed E-state index contributed by atoms with van der Waals surface area (Å²) in [6.45, 7) is 0.171. The lowest BCUT2D eigenvalue weighted by Gasteiger charge is -2.04. The first-order chi connectivity index (χ1) is 11.1. The molecule has 0 aliphatic heterocycles. The molecule has 1 heterocycles. The predicted molar refractivity (Wildman–Crippen MR) is 90.1 cm³/mol. The van der Waals surface area contributed by atoms with Crippen molar-refractivity contribution in [3.05, 3.63) is 69.4 Å². The maximum Gasteiger partial charge on any atom is 0.258 e. The van der Waals surface area contributed by atoms with Crippen LogP contribution in [0.15, 0.2) is 57.5 Å². The molecule has 7 heteroatoms. The van der Waals surface area contributed by atoms with Crippen molar-refractivity contribution in [2.75, 3.05) is 0 Å². The van der Waals surface area contributed by atoms with E-state index < -0.39 is 0 Å². The Labute approximate surface area is 145 Å². The minimum atomic E-state index is -0.216. The van der Waals surface area contributed by atoms with Gasteiger partial charge in [0.2, 0.25) is 0 Å². The zero-order valence-electron chi connectivity index (χ0n) is 11.8. The van der Waals surface area contributed by atoms with Crippen LogP contribution in [0, 0.1) is 0 Å². The lowest BCUT2D eigenvalue weighted by molar-refractivity contribution is 0.0949. The molecular weight excluding hydrogens is 382 g/mol. The monoisotopic (exact) mass is 391 g/mol. The number of carbonyl (C=O) groups is 1. The van der Waals surface area contributed by atoms with Gasteiger partial charge in [0.05, 0.1) is 12.1 Å². The molecule has 0 aliphatic rings. The van der Waals surface area contributed by atoms with Gasteiger partial charge in [-0.25, -0.2) is 0 Å². The third-order valence-corrected chi connectivity index (χ3v) is 3.99. The molecule has 116 valence electrons. The lowest BCUT2D eigenvalue weighted by atomic mass is 10.2. The maximum atomic E-state index is 12.1. The first kappa shape index (κ1) is 15.7. The second kappa shape index (κ2) is 6.93. The van der Waals surface area contributed by atoms with Gasteiger partial charge in [0, 0.05) is 15.1 Å². The molecule has 0 saturated heterocycles. The number of carbonyl (C=O) groups excluding carboxylic acids is 1. The SMILES string of the molecule is O=C(NCc1noc(-c2cccc(Cl)c2)n1)c1ccccc1Br. The fourth-order valence-electron chi connectivity index (χ4n) is 1.96. The number of hydrogen-bond donors (Lipinski definition) is 1. The highest BCUT2D eigenvalue weighted by Gasteiger charge is 2.12. The van der Waals surface area contributed by atoms with Gasteiger partial charge in [0.1, 0.15) is 0 Å². The largest absolute Gasteiger partial charge is 0.345 e. The molecular formula is C16H11BrClN3O2. The summed E-state index contributed by atoms with van der Waals surface area (Å²) in [6, 6.07) is 14.3. The van der Waals surface area contributed by atoms with Gasteiger partial charge in [-0.15, -0.1) is 0 Å². The van der Waals surface area contributed by atoms with E-state index in [2.05, 4.69) is 31.4 Å². The Balaban J connectivity index is 1.68. The van der Waals surface area contributed by atoms with Gasteiger partial charge in [0.15, 0.2) is 5.82 Å². The Morgan fingerprint density at radius 2 is 2.04 bits per heavy atom. The molecule has 0 aliphatic carbocycles. The summed E-state index contributed by atoms with van der Waals surface area (Å²) < 4.78 is 5.91. The van der Waals surface area contributed by atoms with E-state index in [0.29, 0.717) is 22.3 Å². The Hall–Kier alpha value is -2.18. The topological polar surface area (TPSA) is 68.0 Å². The molecule has 0 atom stereocenters. The van der Waals surface area contributed by atoms with Crippen LogP contribution in [-0.4, -0.2) is 16.0 Å². The highest BCUT2D eigenvalue weighted by molar-refractivity contribution is 9.10. The van der Waals surface area contributed by atoms with E-state index in [0.717, 1.165) is 10.0 Å². The molecule has 1 N–H and O–H groups in total. The lowest BCUT2D eigenvalue weighted by Crippen LogP contribution is -2.23. The van der Waals surface area contributed by atoms with Crippen LogP contribution in [0.25, 0.3) is 11.5 Å². The van der Waals surface area contributed by atoms with Crippen LogP contribution in [0.3, 0.4) is 0 Å². The van der Waals surface area contributed by atoms with Crippen LogP contribution in [0.4, 0.5) is 0 Å². The first-order valence-corrected chi connectivity index (χ1v) is 7.92. The van der Waals surface area contributed by atoms with Gasteiger partial charge in [-0.05, 0) is 46.3 Å². The molecule has 5 nitrogen and oxygen atoms in total. The van der Waals surface area contributed by atoms with Crippen LogP contribution in [0.2, 0.25) is 5.02 Å². The van der Waals surface area contributed by atoms with Crippen LogP contribution in [0.1, 0.15) is 16.2 Å². The second-order valence-corrected chi connectivity index (χ2v) is 5.98. The smallest absolute Gasteiger partial charge is 0.258 e. The van der Waals surface area contributed by atoms with E-state index in [-0.39, 0.29) is 12.5 Å². The van der Waals surface area contributed by atoms with Gasteiger partial charge in [-0.1, -0.05) is 35.0 Å². The fraction of sp³-hybridized carbons (Fsp3) is 0.0625. The summed E-state index contributed by atoms with van der Waals surface area (Å²) in [5.41, 5.74) is 1.28. The van der Waals surface area contributed by atoms with Gasteiger partial charge < -0.3 is 9.84 Å². The third kappa shape index (κ3) is 3.78. The van der Waals surface area contributed by atoms with Gasteiger partial charge in [-0.3, -0.25) is 4.79 Å². The van der Waals surface area contributed by atoms with Crippen molar-refractivity contribution >= 4 is 33.4 Å². The molecule has 1 aromatic heterocycles. The summed E-state index contributed by atoms with van der Waals surface area (Å²) in [7, 11) is 0. The van der Waals surface area contributed by atoms with E-state index in [1.54, 1.807) is 36.4 Å². The molecule has 2 aromatic carbocycles. The number of amides is 1. The number of benzene rings is 2. The molecule has 0 spiro atoms. The minimum Gasteiger partial charge on any atom is -0.345 e. The normalized spacial score (nSPS) is 10.5. The zero-order valence-corrected chi connectivity index (χ0v) is 14.1. The van der Waals surface area contributed by atoms with Gasteiger partial charge >= 0.3 is 0 Å². The number of rotatable bonds is 4. The first-order valence-electron chi connectivity index (χ1n) is 6.75. The van der Waals surface area contributed by atoms with Crippen LogP contribution in [-0.2, 0) is 6.54 Å². The molecule has 0 saturated carbocycles. The summed E-state index contributed by atoms with van der Waals surface area (Å²) in [4.78, 5) is 16.4. The minimum absolute atomic E-state index is 0.171. The Morgan fingerprint density at radius 1 is 1.22 bits per heavy atom. The molecule has 0 radical (unpaired) electrons. The van der Waals surface area contributed by atoms with Crippen LogP contribution < -0.4 is 5.32 Å². The van der Waals surface area contributed by atoms with Crippen molar-refractivity contribution in [3.63, 3.8) is 0 Å². The Morgan fingerprint density at radius 3 is 2.83 bits per heavy atom. The van der Waals surface area contributed by atoms with Crippen LogP contribution >= 0.6 is 27.5 Å². The highest BCUT2D eigenvalue weighted by atomic mass is 79.9. The van der Waals surface area contributed by atoms with Crippen molar-refractivity contribution in [3.8, 4) is 11.5 Å². The average molecular weight is 393 g/mol. The average Bonchev–Trinajstić information content (AvgIpc) is 3.02. The van der Waals surface area contributed by atoms with E-state index in [4.69, 9.17) is 16.1 Å². The highest BCUT2D eigenvalue weighted by Crippen LogP contribution is 2.21. The van der Waals surface area contributed by atoms with E-state index >= 15 is 0 Å². The van der Waals surface area contributed by atoms with E-state index in [1.165, 1.54) is 0 Å². The predicted octanol–water partition coefficient (Wildman–Crippen LogP) is 4.08. The van der Waals surface area contributed by atoms with Crippen molar-refractivity contribution < 1.29 is 9.32 Å². The number of halogens is 2.